The number of hydrogen-bond donors (Lipinski definition) is 1. The molecule has 2 aliphatic rings. The van der Waals surface area contributed by atoms with Gasteiger partial charge in [0.15, 0.2) is 0 Å². The molecule has 24 heavy (non-hydrogen) atoms. The van der Waals surface area contributed by atoms with Crippen LogP contribution in [0.5, 0.6) is 0 Å². The van der Waals surface area contributed by atoms with Crippen molar-refractivity contribution in [3.8, 4) is 0 Å². The molecule has 8 heteroatoms. The van der Waals surface area contributed by atoms with Gasteiger partial charge in [-0.1, -0.05) is 0 Å². The second-order valence-corrected chi connectivity index (χ2v) is 7.66. The number of rotatable bonds is 3. The molecular weight excluding hydrogens is 320 g/mol. The first-order chi connectivity index (χ1) is 11.1. The van der Waals surface area contributed by atoms with Crippen LogP contribution in [0.2, 0.25) is 0 Å². The fourth-order valence-corrected chi connectivity index (χ4v) is 3.48. The van der Waals surface area contributed by atoms with Gasteiger partial charge in [-0.05, 0) is 46.5 Å². The molecule has 0 saturated carbocycles. The number of urea groups is 1. The Kier molecular flexibility index (Phi) is 5.55. The predicted molar refractivity (Wildman–Crippen MR) is 85.1 cm³/mol. The van der Waals surface area contributed by atoms with E-state index in [0.29, 0.717) is 12.8 Å². The fraction of sp³-hybridized carbons (Fsp3) is 0.875. The molecule has 2 rings (SSSR count). The average Bonchev–Trinajstić information content (AvgIpc) is 2.68. The van der Waals surface area contributed by atoms with Crippen LogP contribution in [0.4, 0.5) is 18.4 Å². The summed E-state index contributed by atoms with van der Waals surface area (Å²) in [5.41, 5.74) is -0.542. The Morgan fingerprint density at radius 2 is 1.79 bits per heavy atom. The lowest BCUT2D eigenvalue weighted by molar-refractivity contribution is 0.00498. The minimum Gasteiger partial charge on any atom is -0.444 e. The third-order valence-corrected chi connectivity index (χ3v) is 4.42. The molecule has 6 nitrogen and oxygen atoms in total. The number of halogens is 2. The molecule has 0 aromatic carbocycles. The fourth-order valence-electron chi connectivity index (χ4n) is 3.48. The van der Waals surface area contributed by atoms with Crippen LogP contribution in [0.25, 0.3) is 0 Å². The molecule has 2 aliphatic heterocycles. The van der Waals surface area contributed by atoms with Gasteiger partial charge in [-0.3, -0.25) is 0 Å². The largest absolute Gasteiger partial charge is 0.444 e. The first kappa shape index (κ1) is 18.7. The molecule has 0 aliphatic carbocycles. The number of carbonyl (C=O) groups excluding carboxylic acids is 2. The van der Waals surface area contributed by atoms with Crippen molar-refractivity contribution in [1.82, 2.24) is 15.1 Å². The van der Waals surface area contributed by atoms with E-state index in [1.54, 1.807) is 4.90 Å². The van der Waals surface area contributed by atoms with Crippen molar-refractivity contribution in [1.29, 1.82) is 0 Å². The zero-order chi connectivity index (χ0) is 18.1. The Hall–Kier alpha value is -1.60. The summed E-state index contributed by atoms with van der Waals surface area (Å²) >= 11 is 0. The van der Waals surface area contributed by atoms with Gasteiger partial charge in [-0.15, -0.1) is 0 Å². The normalized spacial score (nSPS) is 26.5. The Bertz CT molecular complexity index is 468. The summed E-state index contributed by atoms with van der Waals surface area (Å²) in [6, 6.07) is -0.534. The zero-order valence-electron chi connectivity index (χ0n) is 14.7. The van der Waals surface area contributed by atoms with Gasteiger partial charge in [0.1, 0.15) is 5.60 Å². The zero-order valence-corrected chi connectivity index (χ0v) is 14.7. The Morgan fingerprint density at radius 3 is 2.25 bits per heavy atom. The van der Waals surface area contributed by atoms with Crippen LogP contribution in [-0.2, 0) is 4.74 Å². The minimum absolute atomic E-state index is 0.0318. The highest BCUT2D eigenvalue weighted by Gasteiger charge is 2.45. The third-order valence-electron chi connectivity index (χ3n) is 4.42. The van der Waals surface area contributed by atoms with Crippen LogP contribution in [0, 0.1) is 0 Å². The molecule has 0 radical (unpaired) electrons. The predicted octanol–water partition coefficient (Wildman–Crippen LogP) is 2.82. The number of nitrogens with one attached hydrogen (secondary N) is 1. The third kappa shape index (κ3) is 4.70. The Labute approximate surface area is 141 Å². The quantitative estimate of drug-likeness (QED) is 0.854. The van der Waals surface area contributed by atoms with E-state index >= 15 is 0 Å². The highest BCUT2D eigenvalue weighted by atomic mass is 19.3. The van der Waals surface area contributed by atoms with Crippen molar-refractivity contribution in [2.45, 2.75) is 76.6 Å². The van der Waals surface area contributed by atoms with Crippen LogP contribution < -0.4 is 5.32 Å². The highest BCUT2D eigenvalue weighted by Crippen LogP contribution is 2.36. The average molecular weight is 347 g/mol. The molecule has 2 saturated heterocycles. The molecule has 1 N–H and O–H groups in total. The number of piperidine rings is 1. The second-order valence-electron chi connectivity index (χ2n) is 7.66. The van der Waals surface area contributed by atoms with E-state index in [1.807, 2.05) is 20.8 Å². The van der Waals surface area contributed by atoms with Crippen LogP contribution in [0.3, 0.4) is 0 Å². The maximum atomic E-state index is 12.4. The van der Waals surface area contributed by atoms with Gasteiger partial charge in [-0.2, -0.15) is 0 Å². The van der Waals surface area contributed by atoms with Gasteiger partial charge < -0.3 is 19.9 Å². The molecule has 0 aromatic rings. The monoisotopic (exact) mass is 347 g/mol. The maximum Gasteiger partial charge on any atom is 0.410 e. The van der Waals surface area contributed by atoms with Crippen molar-refractivity contribution >= 4 is 12.1 Å². The Morgan fingerprint density at radius 1 is 1.25 bits per heavy atom. The molecule has 0 spiro atoms. The van der Waals surface area contributed by atoms with Crippen LogP contribution in [0.1, 0.15) is 46.5 Å². The number of alkyl halides is 2. The number of amides is 3. The summed E-state index contributed by atoms with van der Waals surface area (Å²) in [5, 5.41) is 2.81. The van der Waals surface area contributed by atoms with Gasteiger partial charge >= 0.3 is 12.1 Å². The van der Waals surface area contributed by atoms with E-state index in [-0.39, 0.29) is 24.2 Å². The van der Waals surface area contributed by atoms with E-state index in [0.717, 1.165) is 17.7 Å². The number of carbonyl (C=O) groups is 2. The van der Waals surface area contributed by atoms with Gasteiger partial charge in [0, 0.05) is 25.2 Å². The summed E-state index contributed by atoms with van der Waals surface area (Å²) in [7, 11) is 1.35. The molecule has 138 valence electrons. The summed E-state index contributed by atoms with van der Waals surface area (Å²) in [4.78, 5) is 27.1. The van der Waals surface area contributed by atoms with E-state index in [1.165, 1.54) is 7.05 Å². The molecule has 2 atom stereocenters. The Balaban J connectivity index is 1.91. The molecule has 2 fully saturated rings. The number of hydrogen-bond acceptors (Lipinski definition) is 3. The maximum absolute atomic E-state index is 12.4. The van der Waals surface area contributed by atoms with E-state index in [2.05, 4.69) is 5.32 Å². The number of fused-ring (bicyclic) bond motifs is 2. The molecule has 2 heterocycles. The first-order valence-corrected chi connectivity index (χ1v) is 8.38. The molecular formula is C16H27F2N3O3. The standard InChI is InChI=1S/C16H27F2N3O3/c1-16(2,3)24-15(23)21-11-5-6-12(21)8-10(7-11)19-14(22)20(4)9-13(17)18/h10-13H,5-9H2,1-4H3,(H,19,22). The van der Waals surface area contributed by atoms with Crippen LogP contribution in [-0.4, -0.2) is 65.7 Å². The summed E-state index contributed by atoms with van der Waals surface area (Å²) in [6.07, 6.45) is 0.154. The summed E-state index contributed by atoms with van der Waals surface area (Å²) < 4.78 is 30.2. The molecule has 3 amide bonds. The van der Waals surface area contributed by atoms with Gasteiger partial charge in [0.05, 0.1) is 6.54 Å². The SMILES string of the molecule is CN(CC(F)F)C(=O)NC1CC2CCC(C1)N2C(=O)OC(C)(C)C. The van der Waals surface area contributed by atoms with Crippen molar-refractivity contribution in [3.63, 3.8) is 0 Å². The van der Waals surface area contributed by atoms with E-state index < -0.39 is 24.6 Å². The topological polar surface area (TPSA) is 61.9 Å². The van der Waals surface area contributed by atoms with Gasteiger partial charge in [0.25, 0.3) is 6.43 Å². The van der Waals surface area contributed by atoms with Crippen molar-refractivity contribution in [2.75, 3.05) is 13.6 Å². The van der Waals surface area contributed by atoms with Gasteiger partial charge in [0.2, 0.25) is 0 Å². The smallest absolute Gasteiger partial charge is 0.410 e. The van der Waals surface area contributed by atoms with Crippen molar-refractivity contribution in [3.05, 3.63) is 0 Å². The number of ether oxygens (including phenoxy) is 1. The van der Waals surface area contributed by atoms with Crippen LogP contribution in [0.15, 0.2) is 0 Å². The molecule has 0 aromatic heterocycles. The minimum atomic E-state index is -2.55. The molecule has 2 bridgehead atoms. The molecule has 2 unspecified atom stereocenters. The lowest BCUT2D eigenvalue weighted by Crippen LogP contribution is -2.55. The lowest BCUT2D eigenvalue weighted by Gasteiger charge is -2.40. The summed E-state index contributed by atoms with van der Waals surface area (Å²) in [6.45, 7) is 4.91. The second kappa shape index (κ2) is 7.11. The van der Waals surface area contributed by atoms with Crippen molar-refractivity contribution in [2.24, 2.45) is 0 Å². The van der Waals surface area contributed by atoms with Crippen molar-refractivity contribution < 1.29 is 23.1 Å². The van der Waals surface area contributed by atoms with Crippen LogP contribution >= 0.6 is 0 Å². The van der Waals surface area contributed by atoms with E-state index in [4.69, 9.17) is 4.74 Å². The lowest BCUT2D eigenvalue weighted by atomic mass is 9.98. The van der Waals surface area contributed by atoms with E-state index in [9.17, 15) is 18.4 Å². The first-order valence-electron chi connectivity index (χ1n) is 8.38. The summed E-state index contributed by atoms with van der Waals surface area (Å²) in [5.74, 6) is 0. The highest BCUT2D eigenvalue weighted by molar-refractivity contribution is 5.74. The number of nitrogens with zero attached hydrogens (tertiary/aromatic N) is 2. The van der Waals surface area contributed by atoms with Gasteiger partial charge in [-0.25, -0.2) is 18.4 Å².